The molecule has 0 bridgehead atoms. The van der Waals surface area contributed by atoms with Crippen LogP contribution in [0.4, 0.5) is 0 Å². The van der Waals surface area contributed by atoms with Crippen molar-refractivity contribution in [1.82, 2.24) is 15.0 Å². The summed E-state index contributed by atoms with van der Waals surface area (Å²) in [5.74, 6) is 3.53. The van der Waals surface area contributed by atoms with E-state index in [4.69, 9.17) is 4.43 Å². The van der Waals surface area contributed by atoms with Gasteiger partial charge in [0.05, 0.1) is 18.8 Å². The lowest BCUT2D eigenvalue weighted by Crippen LogP contribution is -2.45. The van der Waals surface area contributed by atoms with Gasteiger partial charge in [-0.05, 0) is 35.1 Å². The fraction of sp³-hybridized carbons (Fsp3) is 0.500. The Morgan fingerprint density at radius 3 is 2.18 bits per heavy atom. The third-order valence-corrected chi connectivity index (χ3v) is 11.9. The quantitative estimate of drug-likeness (QED) is 0.133. The van der Waals surface area contributed by atoms with Gasteiger partial charge in [-0.3, -0.25) is 0 Å². The fourth-order valence-electron chi connectivity index (χ4n) is 4.94. The molecule has 0 aliphatic heterocycles. The number of aliphatic hydroxyl groups is 1. The van der Waals surface area contributed by atoms with Gasteiger partial charge in [0.25, 0.3) is 8.32 Å². The minimum atomic E-state index is -2.52. The van der Waals surface area contributed by atoms with Crippen LogP contribution in [0.25, 0.3) is 0 Å². The highest BCUT2D eigenvalue weighted by atomic mass is 28.4. The molecule has 1 aromatic heterocycles. The number of aliphatic hydroxyl groups excluding tert-OH is 1. The van der Waals surface area contributed by atoms with Crippen LogP contribution in [0.2, 0.25) is 11.1 Å². The monoisotopic (exact) mass is 531 g/mol. The van der Waals surface area contributed by atoms with E-state index < -0.39 is 8.32 Å². The predicted octanol–water partition coefficient (Wildman–Crippen LogP) is 7.44. The van der Waals surface area contributed by atoms with Crippen molar-refractivity contribution in [2.24, 2.45) is 0 Å². The van der Waals surface area contributed by atoms with Gasteiger partial charge in [-0.25, -0.2) is 4.68 Å². The third-order valence-electron chi connectivity index (χ3n) is 7.27. The Bertz CT molecular complexity index is 1130. The van der Waals surface area contributed by atoms with E-state index in [1.54, 1.807) is 4.68 Å². The molecule has 0 aliphatic carbocycles. The molecule has 3 rings (SSSR count). The van der Waals surface area contributed by atoms with Gasteiger partial charge in [0.15, 0.2) is 0 Å². The van der Waals surface area contributed by atoms with E-state index in [9.17, 15) is 5.11 Å². The van der Waals surface area contributed by atoms with E-state index in [1.807, 2.05) is 42.6 Å². The van der Waals surface area contributed by atoms with Crippen molar-refractivity contribution in [2.75, 3.05) is 6.61 Å². The molecule has 204 valence electrons. The second kappa shape index (κ2) is 15.0. The van der Waals surface area contributed by atoms with Gasteiger partial charge in [-0.2, -0.15) is 0 Å². The molecule has 1 N–H and O–H groups in total. The summed E-state index contributed by atoms with van der Waals surface area (Å²) in [4.78, 5) is 0. The molecule has 0 saturated carbocycles. The van der Waals surface area contributed by atoms with Crippen LogP contribution in [0.1, 0.15) is 95.7 Å². The van der Waals surface area contributed by atoms with Crippen LogP contribution in [-0.4, -0.2) is 35.0 Å². The highest BCUT2D eigenvalue weighted by molar-refractivity contribution is 6.84. The van der Waals surface area contributed by atoms with Gasteiger partial charge >= 0.3 is 0 Å². The highest BCUT2D eigenvalue weighted by Gasteiger charge is 2.44. The maximum Gasteiger partial charge on any atom is 0.278 e. The Morgan fingerprint density at radius 2 is 1.58 bits per heavy atom. The highest BCUT2D eigenvalue weighted by Crippen LogP contribution is 2.39. The van der Waals surface area contributed by atoms with E-state index >= 15 is 0 Å². The molecule has 2 aromatic carbocycles. The van der Waals surface area contributed by atoms with Crippen molar-refractivity contribution >= 4 is 8.32 Å². The Hall–Kier alpha value is -2.72. The minimum Gasteiger partial charge on any atom is -0.394 e. The molecule has 2 atom stereocenters. The topological polar surface area (TPSA) is 60.2 Å². The molecule has 0 radical (unpaired) electrons. The van der Waals surface area contributed by atoms with Crippen molar-refractivity contribution < 1.29 is 9.53 Å². The Labute approximate surface area is 230 Å². The standard InChI is InChI=1S/C32H45N3O2Si/c1-6-7-8-9-10-17-22-38(26(2)3,27(4)5)37-32(29-20-15-12-16-21-29)31-24-35(34-33-31)30(25-36)23-28-18-13-11-14-19-28/h11-16,18-21,24,26-27,30,32,36H,6-10,23,25H2,1-5H3/t30-,32+/m0/s1. The average Bonchev–Trinajstić information content (AvgIpc) is 3.41. The van der Waals surface area contributed by atoms with E-state index in [-0.39, 0.29) is 18.8 Å². The lowest BCUT2D eigenvalue weighted by atomic mass is 10.1. The molecule has 0 fully saturated rings. The van der Waals surface area contributed by atoms with Crippen molar-refractivity contribution in [3.8, 4) is 11.5 Å². The zero-order valence-corrected chi connectivity index (χ0v) is 24.8. The molecule has 38 heavy (non-hydrogen) atoms. The van der Waals surface area contributed by atoms with Crippen LogP contribution in [-0.2, 0) is 10.8 Å². The van der Waals surface area contributed by atoms with Crippen molar-refractivity contribution in [3.05, 3.63) is 83.7 Å². The lowest BCUT2D eigenvalue weighted by molar-refractivity contribution is 0.215. The van der Waals surface area contributed by atoms with Gasteiger partial charge in [-0.15, -0.1) is 11.0 Å². The maximum absolute atomic E-state index is 10.2. The van der Waals surface area contributed by atoms with Crippen LogP contribution >= 0.6 is 0 Å². The van der Waals surface area contributed by atoms with Gasteiger partial charge < -0.3 is 9.53 Å². The molecule has 0 saturated heterocycles. The number of rotatable bonds is 14. The van der Waals surface area contributed by atoms with E-state index in [0.717, 1.165) is 29.7 Å². The molecular formula is C32H45N3O2Si. The number of hydrogen-bond donors (Lipinski definition) is 1. The Balaban J connectivity index is 1.94. The number of aromatic nitrogens is 3. The summed E-state index contributed by atoms with van der Waals surface area (Å²) in [6, 6.07) is 20.3. The fourth-order valence-corrected chi connectivity index (χ4v) is 8.50. The molecule has 0 aliphatic rings. The van der Waals surface area contributed by atoms with E-state index in [1.165, 1.54) is 19.3 Å². The number of nitrogens with zero attached hydrogens (tertiary/aromatic N) is 3. The molecule has 0 amide bonds. The second-order valence-electron chi connectivity index (χ2n) is 10.8. The first kappa shape index (κ1) is 29.8. The van der Waals surface area contributed by atoms with Crippen molar-refractivity contribution in [2.45, 2.75) is 96.4 Å². The van der Waals surface area contributed by atoms with Gasteiger partial charge in [-0.1, -0.05) is 125 Å². The summed E-state index contributed by atoms with van der Waals surface area (Å²) in [7, 11) is -2.52. The van der Waals surface area contributed by atoms with Crippen LogP contribution < -0.4 is 0 Å². The number of unbranched alkanes of at least 4 members (excludes halogenated alkanes) is 4. The molecule has 0 spiro atoms. The average molecular weight is 532 g/mol. The molecule has 6 heteroatoms. The number of benzene rings is 2. The molecule has 0 unspecified atom stereocenters. The zero-order valence-electron chi connectivity index (χ0n) is 23.8. The van der Waals surface area contributed by atoms with E-state index in [0.29, 0.717) is 17.5 Å². The smallest absolute Gasteiger partial charge is 0.278 e. The third kappa shape index (κ3) is 7.89. The SMILES string of the molecule is CCCCCCC#C[Si](O[C@H](c1ccccc1)c1cn([C@H](CO)Cc2ccccc2)nn1)(C(C)C)C(C)C. The van der Waals surface area contributed by atoms with Crippen LogP contribution in [0.15, 0.2) is 66.9 Å². The van der Waals surface area contributed by atoms with Gasteiger partial charge in [0.2, 0.25) is 0 Å². The summed E-state index contributed by atoms with van der Waals surface area (Å²) < 4.78 is 8.98. The first-order valence-electron chi connectivity index (χ1n) is 14.2. The van der Waals surface area contributed by atoms with Crippen molar-refractivity contribution in [3.63, 3.8) is 0 Å². The van der Waals surface area contributed by atoms with Crippen LogP contribution in [0.3, 0.4) is 0 Å². The zero-order chi connectivity index (χ0) is 27.4. The molecular weight excluding hydrogens is 486 g/mol. The first-order chi connectivity index (χ1) is 18.4. The molecule has 1 heterocycles. The molecule has 5 nitrogen and oxygen atoms in total. The van der Waals surface area contributed by atoms with Crippen LogP contribution in [0, 0.1) is 11.5 Å². The maximum atomic E-state index is 10.2. The van der Waals surface area contributed by atoms with Gasteiger partial charge in [0, 0.05) is 6.42 Å². The lowest BCUT2D eigenvalue weighted by Gasteiger charge is -2.37. The van der Waals surface area contributed by atoms with Gasteiger partial charge in [0.1, 0.15) is 11.8 Å². The Kier molecular flexibility index (Phi) is 11.8. The van der Waals surface area contributed by atoms with Crippen LogP contribution in [0.5, 0.6) is 0 Å². The second-order valence-corrected chi connectivity index (χ2v) is 15.2. The normalized spacial score (nSPS) is 13.4. The summed E-state index contributed by atoms with van der Waals surface area (Å²) >= 11 is 0. The summed E-state index contributed by atoms with van der Waals surface area (Å²) in [5, 5.41) is 19.2. The minimum absolute atomic E-state index is 0.0191. The summed E-state index contributed by atoms with van der Waals surface area (Å²) in [6.45, 7) is 11.2. The summed E-state index contributed by atoms with van der Waals surface area (Å²) in [5.41, 5.74) is 7.31. The number of hydrogen-bond acceptors (Lipinski definition) is 4. The first-order valence-corrected chi connectivity index (χ1v) is 16.3. The predicted molar refractivity (Wildman–Crippen MR) is 158 cm³/mol. The Morgan fingerprint density at radius 1 is 0.921 bits per heavy atom. The van der Waals surface area contributed by atoms with Crippen molar-refractivity contribution in [1.29, 1.82) is 0 Å². The van der Waals surface area contributed by atoms with E-state index in [2.05, 4.69) is 80.7 Å². The molecule has 3 aromatic rings. The summed E-state index contributed by atoms with van der Waals surface area (Å²) in [6.07, 6.45) is 8.04. The largest absolute Gasteiger partial charge is 0.394 e.